The van der Waals surface area contributed by atoms with Gasteiger partial charge in [0.25, 0.3) is 0 Å². The van der Waals surface area contributed by atoms with Crippen LogP contribution in [0.5, 0.6) is 0 Å². The molecule has 84 valence electrons. The van der Waals surface area contributed by atoms with Gasteiger partial charge >= 0.3 is 0 Å². The van der Waals surface area contributed by atoms with E-state index in [0.29, 0.717) is 11.4 Å². The molecule has 2 aromatic rings. The van der Waals surface area contributed by atoms with Crippen LogP contribution >= 0.6 is 0 Å². The van der Waals surface area contributed by atoms with Crippen LogP contribution in [0.2, 0.25) is 0 Å². The molecule has 0 saturated heterocycles. The van der Waals surface area contributed by atoms with E-state index < -0.39 is 0 Å². The monoisotopic (exact) mass is 225 g/mol. The van der Waals surface area contributed by atoms with Crippen LogP contribution in [0.15, 0.2) is 30.3 Å². The van der Waals surface area contributed by atoms with Crippen molar-refractivity contribution >= 4 is 17.5 Å². The van der Waals surface area contributed by atoms with Crippen molar-refractivity contribution in [2.45, 2.75) is 6.92 Å². The molecule has 0 aliphatic carbocycles. The minimum absolute atomic E-state index is 0.237. The topological polar surface area (TPSA) is 87.6 Å². The molecule has 3 N–H and O–H groups in total. The molecular weight excluding hydrogens is 214 g/mol. The Morgan fingerprint density at radius 3 is 2.53 bits per heavy atom. The van der Waals surface area contributed by atoms with Gasteiger partial charge in [-0.25, -0.2) is 4.98 Å². The van der Waals surface area contributed by atoms with Gasteiger partial charge in [-0.05, 0) is 31.2 Å². The number of aromatic nitrogens is 2. The van der Waals surface area contributed by atoms with E-state index in [-0.39, 0.29) is 5.95 Å². The van der Waals surface area contributed by atoms with Gasteiger partial charge in [-0.2, -0.15) is 10.2 Å². The molecule has 1 heterocycles. The largest absolute Gasteiger partial charge is 0.368 e. The lowest BCUT2D eigenvalue weighted by Crippen LogP contribution is -2.01. The Labute approximate surface area is 98.9 Å². The number of nitrogens with zero attached hydrogens (tertiary/aromatic N) is 3. The second-order valence-electron chi connectivity index (χ2n) is 3.57. The number of hydrogen-bond acceptors (Lipinski definition) is 5. The zero-order valence-electron chi connectivity index (χ0n) is 9.31. The summed E-state index contributed by atoms with van der Waals surface area (Å²) in [5, 5.41) is 11.8. The van der Waals surface area contributed by atoms with Gasteiger partial charge in [-0.15, -0.1) is 0 Å². The summed E-state index contributed by atoms with van der Waals surface area (Å²) in [4.78, 5) is 8.05. The molecule has 5 nitrogen and oxygen atoms in total. The summed E-state index contributed by atoms with van der Waals surface area (Å²) in [6, 6.07) is 11.0. The van der Waals surface area contributed by atoms with Crippen LogP contribution in [0.4, 0.5) is 17.5 Å². The first-order chi connectivity index (χ1) is 8.17. The second-order valence-corrected chi connectivity index (χ2v) is 3.57. The lowest BCUT2D eigenvalue weighted by molar-refractivity contribution is 1.12. The third kappa shape index (κ3) is 2.69. The Morgan fingerprint density at radius 1 is 1.24 bits per heavy atom. The summed E-state index contributed by atoms with van der Waals surface area (Å²) in [5.41, 5.74) is 7.82. The van der Waals surface area contributed by atoms with Crippen molar-refractivity contribution in [3.8, 4) is 6.07 Å². The number of hydrogen-bond donors (Lipinski definition) is 2. The number of rotatable bonds is 2. The highest BCUT2D eigenvalue weighted by Crippen LogP contribution is 2.16. The van der Waals surface area contributed by atoms with E-state index in [0.717, 1.165) is 11.4 Å². The van der Waals surface area contributed by atoms with E-state index in [1.54, 1.807) is 18.2 Å². The minimum atomic E-state index is 0.237. The van der Waals surface area contributed by atoms with Crippen molar-refractivity contribution in [1.82, 2.24) is 9.97 Å². The molecule has 0 saturated carbocycles. The van der Waals surface area contributed by atoms with Gasteiger partial charge in [0.2, 0.25) is 5.95 Å². The van der Waals surface area contributed by atoms with Crippen molar-refractivity contribution in [2.75, 3.05) is 11.1 Å². The van der Waals surface area contributed by atoms with Crippen LogP contribution in [0.25, 0.3) is 0 Å². The van der Waals surface area contributed by atoms with Crippen LogP contribution < -0.4 is 11.1 Å². The van der Waals surface area contributed by atoms with Gasteiger partial charge in [-0.1, -0.05) is 0 Å². The molecule has 5 heteroatoms. The fourth-order valence-electron chi connectivity index (χ4n) is 1.43. The lowest BCUT2D eigenvalue weighted by atomic mass is 10.2. The maximum absolute atomic E-state index is 8.68. The molecular formula is C12H11N5. The number of benzene rings is 1. The Hall–Kier alpha value is -2.61. The average Bonchev–Trinajstić information content (AvgIpc) is 2.28. The van der Waals surface area contributed by atoms with Crippen molar-refractivity contribution in [3.63, 3.8) is 0 Å². The molecule has 0 aliphatic heterocycles. The molecule has 0 amide bonds. The van der Waals surface area contributed by atoms with Gasteiger partial charge < -0.3 is 11.1 Å². The first-order valence-corrected chi connectivity index (χ1v) is 5.06. The first-order valence-electron chi connectivity index (χ1n) is 5.06. The van der Waals surface area contributed by atoms with Crippen molar-refractivity contribution in [2.24, 2.45) is 0 Å². The highest BCUT2D eigenvalue weighted by molar-refractivity contribution is 5.58. The van der Waals surface area contributed by atoms with Gasteiger partial charge in [-0.3, -0.25) is 0 Å². The van der Waals surface area contributed by atoms with E-state index in [4.69, 9.17) is 11.0 Å². The Bertz CT molecular complexity index is 548. The summed E-state index contributed by atoms with van der Waals surface area (Å²) in [6.07, 6.45) is 0. The Kier molecular flexibility index (Phi) is 2.88. The van der Waals surface area contributed by atoms with Crippen LogP contribution in [-0.2, 0) is 0 Å². The van der Waals surface area contributed by atoms with E-state index in [1.165, 1.54) is 0 Å². The van der Waals surface area contributed by atoms with Gasteiger partial charge in [0.05, 0.1) is 11.6 Å². The Balaban J connectivity index is 2.22. The normalized spacial score (nSPS) is 9.65. The average molecular weight is 225 g/mol. The third-order valence-corrected chi connectivity index (χ3v) is 2.16. The molecule has 0 fully saturated rings. The summed E-state index contributed by atoms with van der Waals surface area (Å²) in [7, 11) is 0. The molecule has 0 atom stereocenters. The molecule has 2 rings (SSSR count). The smallest absolute Gasteiger partial charge is 0.222 e. The van der Waals surface area contributed by atoms with E-state index in [2.05, 4.69) is 21.4 Å². The third-order valence-electron chi connectivity index (χ3n) is 2.16. The van der Waals surface area contributed by atoms with Gasteiger partial charge in [0.15, 0.2) is 0 Å². The molecule has 0 aliphatic rings. The zero-order chi connectivity index (χ0) is 12.3. The van der Waals surface area contributed by atoms with Crippen LogP contribution in [-0.4, -0.2) is 9.97 Å². The highest BCUT2D eigenvalue weighted by atomic mass is 15.1. The van der Waals surface area contributed by atoms with Crippen LogP contribution in [0.1, 0.15) is 11.3 Å². The number of nitrogens with two attached hydrogens (primary N) is 1. The molecule has 0 unspecified atom stereocenters. The van der Waals surface area contributed by atoms with Crippen molar-refractivity contribution < 1.29 is 0 Å². The van der Waals surface area contributed by atoms with Crippen molar-refractivity contribution in [3.05, 3.63) is 41.6 Å². The van der Waals surface area contributed by atoms with Crippen LogP contribution in [0, 0.1) is 18.3 Å². The van der Waals surface area contributed by atoms with Crippen LogP contribution in [0.3, 0.4) is 0 Å². The maximum Gasteiger partial charge on any atom is 0.222 e. The van der Waals surface area contributed by atoms with E-state index in [9.17, 15) is 0 Å². The molecule has 0 radical (unpaired) electrons. The number of nitrogens with one attached hydrogen (secondary N) is 1. The predicted molar refractivity (Wildman–Crippen MR) is 65.6 cm³/mol. The molecule has 0 spiro atoms. The van der Waals surface area contributed by atoms with Gasteiger partial charge in [0, 0.05) is 17.4 Å². The van der Waals surface area contributed by atoms with Crippen molar-refractivity contribution in [1.29, 1.82) is 5.26 Å². The lowest BCUT2D eigenvalue weighted by Gasteiger charge is -2.06. The number of aryl methyl sites for hydroxylation is 1. The number of anilines is 3. The predicted octanol–water partition coefficient (Wildman–Crippen LogP) is 1.98. The summed E-state index contributed by atoms with van der Waals surface area (Å²) in [6.45, 7) is 1.85. The SMILES string of the molecule is Cc1cc(Nc2ccc(C#N)cc2)nc(N)n1. The summed E-state index contributed by atoms with van der Waals surface area (Å²) >= 11 is 0. The van der Waals surface area contributed by atoms with E-state index in [1.807, 2.05) is 19.1 Å². The number of nitriles is 1. The summed E-state index contributed by atoms with van der Waals surface area (Å²) in [5.74, 6) is 0.876. The Morgan fingerprint density at radius 2 is 1.94 bits per heavy atom. The second kappa shape index (κ2) is 4.49. The number of nitrogen functional groups attached to an aromatic ring is 1. The maximum atomic E-state index is 8.68. The molecule has 1 aromatic carbocycles. The fraction of sp³-hybridized carbons (Fsp3) is 0.0833. The quantitative estimate of drug-likeness (QED) is 0.815. The standard InChI is InChI=1S/C12H11N5/c1-8-6-11(17-12(14)15-8)16-10-4-2-9(7-13)3-5-10/h2-6H,1H3,(H3,14,15,16,17). The minimum Gasteiger partial charge on any atom is -0.368 e. The highest BCUT2D eigenvalue weighted by Gasteiger charge is 2.00. The zero-order valence-corrected chi connectivity index (χ0v) is 9.31. The fourth-order valence-corrected chi connectivity index (χ4v) is 1.43. The summed E-state index contributed by atoms with van der Waals surface area (Å²) < 4.78 is 0. The van der Waals surface area contributed by atoms with Gasteiger partial charge in [0.1, 0.15) is 5.82 Å². The molecule has 0 bridgehead atoms. The van der Waals surface area contributed by atoms with E-state index >= 15 is 0 Å². The molecule has 17 heavy (non-hydrogen) atoms. The molecule has 1 aromatic heterocycles. The first kappa shape index (κ1) is 10.9.